The van der Waals surface area contributed by atoms with Crippen LogP contribution in [0.3, 0.4) is 0 Å². The van der Waals surface area contributed by atoms with Crippen molar-refractivity contribution >= 4 is 52.4 Å². The summed E-state index contributed by atoms with van der Waals surface area (Å²) in [6.45, 7) is 0. The molecule has 2 nitrogen and oxygen atoms in total. The topological polar surface area (TPSA) is 26.3 Å². The Balaban J connectivity index is 2.33. The molecule has 2 atom stereocenters. The van der Waals surface area contributed by atoms with Gasteiger partial charge in [-0.25, -0.2) is 0 Å². The molecule has 6 heteroatoms. The predicted octanol–water partition coefficient (Wildman–Crippen LogP) is 4.05. The summed E-state index contributed by atoms with van der Waals surface area (Å²) in [6, 6.07) is 4.99. The van der Waals surface area contributed by atoms with Gasteiger partial charge in [-0.2, -0.15) is 0 Å². The average molecular weight is 314 g/mol. The largest absolute Gasteiger partial charge is 0.469 e. The van der Waals surface area contributed by atoms with Crippen LogP contribution in [0.5, 0.6) is 0 Å². The smallest absolute Gasteiger partial charge is 0.312 e. The van der Waals surface area contributed by atoms with E-state index in [2.05, 4.69) is 4.74 Å². The number of methoxy groups -OCH3 is 1. The molecule has 0 bridgehead atoms. The molecular formula is C11H8Cl4O2. The van der Waals surface area contributed by atoms with Crippen LogP contribution in [0.4, 0.5) is 0 Å². The number of hydrogen-bond acceptors (Lipinski definition) is 2. The van der Waals surface area contributed by atoms with Crippen molar-refractivity contribution in [3.05, 3.63) is 33.8 Å². The normalized spacial score (nSPS) is 25.5. The van der Waals surface area contributed by atoms with Crippen molar-refractivity contribution in [3.63, 3.8) is 0 Å². The third-order valence-corrected chi connectivity index (χ3v) is 4.13. The van der Waals surface area contributed by atoms with E-state index in [4.69, 9.17) is 46.4 Å². The van der Waals surface area contributed by atoms with Crippen molar-refractivity contribution in [1.82, 2.24) is 0 Å². The lowest BCUT2D eigenvalue weighted by atomic mass is 10.1. The Morgan fingerprint density at radius 3 is 2.24 bits per heavy atom. The van der Waals surface area contributed by atoms with Crippen molar-refractivity contribution < 1.29 is 9.53 Å². The molecule has 1 aliphatic carbocycles. The van der Waals surface area contributed by atoms with Crippen molar-refractivity contribution in [1.29, 1.82) is 0 Å². The molecule has 0 saturated heterocycles. The van der Waals surface area contributed by atoms with Crippen molar-refractivity contribution in [2.24, 2.45) is 5.92 Å². The number of esters is 1. The van der Waals surface area contributed by atoms with E-state index in [0.717, 1.165) is 5.56 Å². The second-order valence-electron chi connectivity index (χ2n) is 3.86. The Kier molecular flexibility index (Phi) is 3.52. The van der Waals surface area contributed by atoms with E-state index in [1.807, 2.05) is 0 Å². The van der Waals surface area contributed by atoms with Crippen molar-refractivity contribution in [3.8, 4) is 0 Å². The first-order valence-corrected chi connectivity index (χ1v) is 6.30. The maximum atomic E-state index is 11.5. The van der Waals surface area contributed by atoms with Gasteiger partial charge in [0.1, 0.15) is 10.3 Å². The molecule has 1 fully saturated rings. The summed E-state index contributed by atoms with van der Waals surface area (Å²) in [6.07, 6.45) is 0. The summed E-state index contributed by atoms with van der Waals surface area (Å²) in [5, 5.41) is 0.958. The minimum Gasteiger partial charge on any atom is -0.469 e. The van der Waals surface area contributed by atoms with Crippen molar-refractivity contribution in [2.45, 2.75) is 10.3 Å². The molecule has 0 aliphatic heterocycles. The van der Waals surface area contributed by atoms with E-state index in [9.17, 15) is 4.79 Å². The van der Waals surface area contributed by atoms with Gasteiger partial charge in [0, 0.05) is 16.0 Å². The Morgan fingerprint density at radius 1 is 1.24 bits per heavy atom. The molecule has 17 heavy (non-hydrogen) atoms. The highest BCUT2D eigenvalue weighted by molar-refractivity contribution is 6.53. The Morgan fingerprint density at radius 2 is 1.76 bits per heavy atom. The third-order valence-electron chi connectivity index (χ3n) is 2.75. The molecule has 0 heterocycles. The Bertz CT molecular complexity index is 452. The van der Waals surface area contributed by atoms with Gasteiger partial charge in [0.2, 0.25) is 0 Å². The maximum absolute atomic E-state index is 11.5. The SMILES string of the molecule is COC(=O)C1C(c2cc(Cl)cc(Cl)c2)C1(Cl)Cl. The number of carbonyl (C=O) groups is 1. The van der Waals surface area contributed by atoms with E-state index in [0.29, 0.717) is 10.0 Å². The zero-order valence-electron chi connectivity index (χ0n) is 8.72. The summed E-state index contributed by atoms with van der Waals surface area (Å²) in [7, 11) is 1.30. The highest BCUT2D eigenvalue weighted by Crippen LogP contribution is 2.65. The maximum Gasteiger partial charge on any atom is 0.312 e. The monoisotopic (exact) mass is 312 g/mol. The van der Waals surface area contributed by atoms with Crippen LogP contribution in [-0.2, 0) is 9.53 Å². The molecule has 0 aromatic heterocycles. The van der Waals surface area contributed by atoms with Gasteiger partial charge in [-0.3, -0.25) is 4.79 Å². The molecule has 1 saturated carbocycles. The average Bonchev–Trinajstić information content (AvgIpc) is 2.79. The first kappa shape index (κ1) is 13.3. The van der Waals surface area contributed by atoms with Crippen LogP contribution in [0.1, 0.15) is 11.5 Å². The number of ether oxygens (including phenoxy) is 1. The van der Waals surface area contributed by atoms with E-state index in [1.54, 1.807) is 18.2 Å². The quantitative estimate of drug-likeness (QED) is 0.608. The number of halogens is 4. The number of rotatable bonds is 2. The van der Waals surface area contributed by atoms with Gasteiger partial charge in [0.15, 0.2) is 0 Å². The molecular weight excluding hydrogens is 306 g/mol. The lowest BCUT2D eigenvalue weighted by Crippen LogP contribution is -2.07. The highest BCUT2D eigenvalue weighted by Gasteiger charge is 2.68. The van der Waals surface area contributed by atoms with Gasteiger partial charge >= 0.3 is 5.97 Å². The van der Waals surface area contributed by atoms with Crippen LogP contribution >= 0.6 is 46.4 Å². The van der Waals surface area contributed by atoms with Gasteiger partial charge in [0.25, 0.3) is 0 Å². The van der Waals surface area contributed by atoms with Gasteiger partial charge in [-0.1, -0.05) is 46.4 Å². The van der Waals surface area contributed by atoms with E-state index < -0.39 is 16.2 Å². The molecule has 0 spiro atoms. The lowest BCUT2D eigenvalue weighted by molar-refractivity contribution is -0.142. The molecule has 0 amide bonds. The number of hydrogen-bond donors (Lipinski definition) is 0. The minimum atomic E-state index is -1.15. The summed E-state index contributed by atoms with van der Waals surface area (Å²) in [4.78, 5) is 11.5. The number of benzene rings is 1. The predicted molar refractivity (Wildman–Crippen MR) is 69.1 cm³/mol. The van der Waals surface area contributed by atoms with Crippen LogP contribution < -0.4 is 0 Å². The zero-order chi connectivity index (χ0) is 12.8. The van der Waals surface area contributed by atoms with Gasteiger partial charge in [-0.05, 0) is 23.8 Å². The number of carbonyl (C=O) groups excluding carboxylic acids is 1. The fourth-order valence-electron chi connectivity index (χ4n) is 1.92. The lowest BCUT2D eigenvalue weighted by Gasteiger charge is -2.02. The summed E-state index contributed by atoms with van der Waals surface area (Å²) in [5.74, 6) is -1.35. The molecule has 92 valence electrons. The molecule has 1 aromatic rings. The van der Waals surface area contributed by atoms with Gasteiger partial charge in [0.05, 0.1) is 7.11 Å². The summed E-state index contributed by atoms with van der Waals surface area (Å²) >= 11 is 23.9. The fraction of sp³-hybridized carbons (Fsp3) is 0.364. The fourth-order valence-corrected chi connectivity index (χ4v) is 3.27. The first-order chi connectivity index (χ1) is 7.87. The second-order valence-corrected chi connectivity index (χ2v) is 6.17. The molecule has 2 rings (SSSR count). The van der Waals surface area contributed by atoms with Crippen molar-refractivity contribution in [2.75, 3.05) is 7.11 Å². The zero-order valence-corrected chi connectivity index (χ0v) is 11.7. The van der Waals surface area contributed by atoms with Crippen LogP contribution in [0, 0.1) is 5.92 Å². The molecule has 0 N–H and O–H groups in total. The standard InChI is InChI=1S/C11H8Cl4O2/c1-17-10(16)9-8(11(9,14)15)5-2-6(12)4-7(13)3-5/h2-4,8-9H,1H3. The summed E-state index contributed by atoms with van der Waals surface area (Å²) < 4.78 is 3.50. The molecule has 1 aliphatic rings. The molecule has 0 radical (unpaired) electrons. The Hall–Kier alpha value is -0.150. The van der Waals surface area contributed by atoms with E-state index in [-0.39, 0.29) is 5.92 Å². The highest BCUT2D eigenvalue weighted by atomic mass is 35.5. The van der Waals surface area contributed by atoms with Crippen LogP contribution in [-0.4, -0.2) is 17.4 Å². The van der Waals surface area contributed by atoms with Crippen LogP contribution in [0.2, 0.25) is 10.0 Å². The van der Waals surface area contributed by atoms with Crippen LogP contribution in [0.25, 0.3) is 0 Å². The van der Waals surface area contributed by atoms with Crippen LogP contribution in [0.15, 0.2) is 18.2 Å². The first-order valence-electron chi connectivity index (χ1n) is 4.79. The summed E-state index contributed by atoms with van der Waals surface area (Å²) in [5.41, 5.74) is 0.739. The van der Waals surface area contributed by atoms with E-state index >= 15 is 0 Å². The second kappa shape index (κ2) is 4.51. The molecule has 2 unspecified atom stereocenters. The van der Waals surface area contributed by atoms with Gasteiger partial charge in [-0.15, -0.1) is 0 Å². The number of alkyl halides is 2. The third kappa shape index (κ3) is 2.37. The Labute approximate surface area is 119 Å². The minimum absolute atomic E-state index is 0.338. The van der Waals surface area contributed by atoms with Gasteiger partial charge < -0.3 is 4.74 Å². The van der Waals surface area contributed by atoms with E-state index in [1.165, 1.54) is 7.11 Å². The molecule has 1 aromatic carbocycles.